The van der Waals surface area contributed by atoms with Crippen LogP contribution >= 0.6 is 27.5 Å². The summed E-state index contributed by atoms with van der Waals surface area (Å²) in [6, 6.07) is 8.93. The first-order chi connectivity index (χ1) is 10.0. The molecule has 1 aliphatic rings. The minimum absolute atomic E-state index is 0.0511. The Hall–Kier alpha value is -1.26. The summed E-state index contributed by atoms with van der Waals surface area (Å²) >= 11 is 9.45. The predicted molar refractivity (Wildman–Crippen MR) is 86.8 cm³/mol. The normalized spacial score (nSPS) is 14.5. The average Bonchev–Trinajstić information content (AvgIpc) is 2.89. The van der Waals surface area contributed by atoms with Gasteiger partial charge in [-0.3, -0.25) is 0 Å². The first kappa shape index (κ1) is 14.7. The Morgan fingerprint density at radius 2 is 2.14 bits per heavy atom. The Balaban J connectivity index is 1.85. The lowest BCUT2D eigenvalue weighted by Gasteiger charge is -2.18. The molecule has 1 atom stereocenters. The number of anilines is 1. The fraction of sp³-hybridized carbons (Fsp3) is 0.250. The SMILES string of the molecule is CC(Nc1c(Cl)cc(F)cc1Br)c1ccc2c(c1)CCO2. The van der Waals surface area contributed by atoms with Crippen LogP contribution in [0.3, 0.4) is 0 Å². The van der Waals surface area contributed by atoms with Crippen LogP contribution in [-0.2, 0) is 6.42 Å². The highest BCUT2D eigenvalue weighted by atomic mass is 79.9. The number of ether oxygens (including phenoxy) is 1. The Labute approximate surface area is 136 Å². The Bertz CT molecular complexity index is 669. The van der Waals surface area contributed by atoms with Crippen LogP contribution in [0.5, 0.6) is 5.75 Å². The summed E-state index contributed by atoms with van der Waals surface area (Å²) in [7, 11) is 0. The number of hydrogen-bond acceptors (Lipinski definition) is 2. The van der Waals surface area contributed by atoms with Gasteiger partial charge in [0.2, 0.25) is 0 Å². The van der Waals surface area contributed by atoms with E-state index in [-0.39, 0.29) is 11.9 Å². The van der Waals surface area contributed by atoms with Gasteiger partial charge >= 0.3 is 0 Å². The Morgan fingerprint density at radius 3 is 2.90 bits per heavy atom. The second-order valence-corrected chi connectivity index (χ2v) is 6.34. The summed E-state index contributed by atoms with van der Waals surface area (Å²) in [5, 5.41) is 3.69. The van der Waals surface area contributed by atoms with Crippen molar-refractivity contribution < 1.29 is 9.13 Å². The van der Waals surface area contributed by atoms with Gasteiger partial charge in [-0.15, -0.1) is 0 Å². The molecule has 0 fully saturated rings. The molecule has 1 unspecified atom stereocenters. The van der Waals surface area contributed by atoms with Gasteiger partial charge in [0, 0.05) is 16.9 Å². The highest BCUT2D eigenvalue weighted by molar-refractivity contribution is 9.10. The summed E-state index contributed by atoms with van der Waals surface area (Å²) in [5.74, 6) is 0.603. The van der Waals surface area contributed by atoms with Gasteiger partial charge in [0.05, 0.1) is 17.3 Å². The van der Waals surface area contributed by atoms with Crippen LogP contribution in [0.2, 0.25) is 5.02 Å². The van der Waals surface area contributed by atoms with E-state index in [1.807, 2.05) is 19.1 Å². The number of halogens is 3. The molecule has 110 valence electrons. The molecule has 0 aliphatic carbocycles. The van der Waals surface area contributed by atoms with E-state index in [9.17, 15) is 4.39 Å². The highest BCUT2D eigenvalue weighted by Gasteiger charge is 2.16. The van der Waals surface area contributed by atoms with Gasteiger partial charge in [0.1, 0.15) is 11.6 Å². The average molecular weight is 371 g/mol. The zero-order chi connectivity index (χ0) is 15.0. The van der Waals surface area contributed by atoms with Crippen LogP contribution in [0.1, 0.15) is 24.1 Å². The molecule has 2 aromatic carbocycles. The molecule has 1 N–H and O–H groups in total. The lowest BCUT2D eigenvalue weighted by atomic mass is 10.0. The minimum atomic E-state index is -0.361. The van der Waals surface area contributed by atoms with E-state index in [2.05, 4.69) is 27.3 Å². The van der Waals surface area contributed by atoms with E-state index in [1.54, 1.807) is 0 Å². The van der Waals surface area contributed by atoms with E-state index in [0.29, 0.717) is 15.2 Å². The molecule has 21 heavy (non-hydrogen) atoms. The van der Waals surface area contributed by atoms with Crippen LogP contribution in [0.25, 0.3) is 0 Å². The maximum Gasteiger partial charge on any atom is 0.125 e. The molecule has 0 amide bonds. The van der Waals surface area contributed by atoms with Gasteiger partial charge in [0.25, 0.3) is 0 Å². The minimum Gasteiger partial charge on any atom is -0.493 e. The lowest BCUT2D eigenvalue weighted by Crippen LogP contribution is -2.08. The van der Waals surface area contributed by atoms with Crippen LogP contribution in [-0.4, -0.2) is 6.61 Å². The topological polar surface area (TPSA) is 21.3 Å². The van der Waals surface area contributed by atoms with Crippen LogP contribution < -0.4 is 10.1 Å². The van der Waals surface area contributed by atoms with Crippen molar-refractivity contribution in [1.29, 1.82) is 0 Å². The molecule has 0 aromatic heterocycles. The van der Waals surface area contributed by atoms with Gasteiger partial charge < -0.3 is 10.1 Å². The molecule has 0 saturated carbocycles. The second-order valence-electron chi connectivity index (χ2n) is 5.08. The van der Waals surface area contributed by atoms with E-state index in [0.717, 1.165) is 24.3 Å². The zero-order valence-corrected chi connectivity index (χ0v) is 13.8. The monoisotopic (exact) mass is 369 g/mol. The van der Waals surface area contributed by atoms with Gasteiger partial charge in [-0.2, -0.15) is 0 Å². The molecular weight excluding hydrogens is 357 g/mol. The van der Waals surface area contributed by atoms with Gasteiger partial charge in [0.15, 0.2) is 0 Å². The molecule has 0 saturated heterocycles. The predicted octanol–water partition coefficient (Wildman–Crippen LogP) is 5.35. The van der Waals surface area contributed by atoms with Crippen LogP contribution in [0.4, 0.5) is 10.1 Å². The maximum atomic E-state index is 13.3. The molecule has 2 aromatic rings. The fourth-order valence-electron chi connectivity index (χ4n) is 2.46. The number of fused-ring (bicyclic) bond motifs is 1. The smallest absolute Gasteiger partial charge is 0.125 e. The van der Waals surface area contributed by atoms with Crippen molar-refractivity contribution in [3.63, 3.8) is 0 Å². The van der Waals surface area contributed by atoms with Gasteiger partial charge in [-0.05, 0) is 58.2 Å². The van der Waals surface area contributed by atoms with Crippen molar-refractivity contribution in [2.45, 2.75) is 19.4 Å². The molecule has 1 aliphatic heterocycles. The first-order valence-electron chi connectivity index (χ1n) is 6.71. The first-order valence-corrected chi connectivity index (χ1v) is 7.88. The van der Waals surface area contributed by atoms with Crippen molar-refractivity contribution in [2.75, 3.05) is 11.9 Å². The number of nitrogens with one attached hydrogen (secondary N) is 1. The fourth-order valence-corrected chi connectivity index (χ4v) is 3.38. The summed E-state index contributed by atoms with van der Waals surface area (Å²) in [4.78, 5) is 0. The Kier molecular flexibility index (Phi) is 4.09. The molecule has 0 spiro atoms. The zero-order valence-electron chi connectivity index (χ0n) is 11.4. The van der Waals surface area contributed by atoms with Crippen molar-refractivity contribution >= 4 is 33.2 Å². The van der Waals surface area contributed by atoms with Crippen LogP contribution in [0.15, 0.2) is 34.8 Å². The van der Waals surface area contributed by atoms with E-state index < -0.39 is 0 Å². The lowest BCUT2D eigenvalue weighted by molar-refractivity contribution is 0.357. The number of hydrogen-bond donors (Lipinski definition) is 1. The van der Waals surface area contributed by atoms with Gasteiger partial charge in [-0.25, -0.2) is 4.39 Å². The number of rotatable bonds is 3. The molecule has 5 heteroatoms. The van der Waals surface area contributed by atoms with Crippen molar-refractivity contribution in [3.05, 3.63) is 56.8 Å². The molecule has 0 radical (unpaired) electrons. The van der Waals surface area contributed by atoms with E-state index in [1.165, 1.54) is 17.7 Å². The van der Waals surface area contributed by atoms with Crippen molar-refractivity contribution in [2.24, 2.45) is 0 Å². The third-order valence-corrected chi connectivity index (χ3v) is 4.50. The molecular formula is C16H14BrClFNO. The summed E-state index contributed by atoms with van der Waals surface area (Å²) in [5.41, 5.74) is 3.07. The molecule has 3 rings (SSSR count). The van der Waals surface area contributed by atoms with Gasteiger partial charge in [-0.1, -0.05) is 17.7 Å². The van der Waals surface area contributed by atoms with Crippen LogP contribution in [0, 0.1) is 5.82 Å². The van der Waals surface area contributed by atoms with E-state index >= 15 is 0 Å². The van der Waals surface area contributed by atoms with Crippen molar-refractivity contribution in [3.8, 4) is 5.75 Å². The largest absolute Gasteiger partial charge is 0.493 e. The third kappa shape index (κ3) is 3.01. The molecule has 0 bridgehead atoms. The van der Waals surface area contributed by atoms with Crippen molar-refractivity contribution in [1.82, 2.24) is 0 Å². The summed E-state index contributed by atoms with van der Waals surface area (Å²) in [6.45, 7) is 2.79. The third-order valence-electron chi connectivity index (χ3n) is 3.58. The number of benzene rings is 2. The second kappa shape index (κ2) is 5.85. The summed E-state index contributed by atoms with van der Waals surface area (Å²) < 4.78 is 19.4. The quantitative estimate of drug-likeness (QED) is 0.786. The van der Waals surface area contributed by atoms with E-state index in [4.69, 9.17) is 16.3 Å². The molecule has 2 nitrogen and oxygen atoms in total. The Morgan fingerprint density at radius 1 is 1.33 bits per heavy atom. The standard InChI is InChI=1S/C16H14BrClFNO/c1-9(10-2-3-15-11(6-10)4-5-21-15)20-16-13(17)7-12(19)8-14(16)18/h2-3,6-9,20H,4-5H2,1H3. The molecule has 1 heterocycles. The maximum absolute atomic E-state index is 13.3. The summed E-state index contributed by atoms with van der Waals surface area (Å²) in [6.07, 6.45) is 0.941. The highest BCUT2D eigenvalue weighted by Crippen LogP contribution is 2.35.